The van der Waals surface area contributed by atoms with Crippen molar-refractivity contribution >= 4 is 34.6 Å². The van der Waals surface area contributed by atoms with Crippen molar-refractivity contribution in [3.05, 3.63) is 65.2 Å². The lowest BCUT2D eigenvalue weighted by Crippen LogP contribution is -2.37. The Kier molecular flexibility index (Phi) is 6.19. The Morgan fingerprint density at radius 1 is 1.09 bits per heavy atom. The molecule has 3 nitrogen and oxygen atoms in total. The van der Waals surface area contributed by atoms with Crippen LogP contribution in [0.15, 0.2) is 54.6 Å². The van der Waals surface area contributed by atoms with Gasteiger partial charge >= 0.3 is 0 Å². The molecular weight excluding hydrogens is 314 g/mol. The van der Waals surface area contributed by atoms with E-state index in [9.17, 15) is 0 Å². The average molecular weight is 334 g/mol. The molecule has 0 amide bonds. The molecule has 2 rings (SSSR count). The summed E-state index contributed by atoms with van der Waals surface area (Å²) in [4.78, 5) is 2.13. The van der Waals surface area contributed by atoms with E-state index in [1.807, 2.05) is 56.6 Å². The van der Waals surface area contributed by atoms with Crippen molar-refractivity contribution in [3.8, 4) is 0 Å². The molecule has 0 saturated carbocycles. The molecule has 0 unspecified atom stereocenters. The van der Waals surface area contributed by atoms with Gasteiger partial charge in [0.1, 0.15) is 0 Å². The molecule has 0 aliphatic rings. The van der Waals surface area contributed by atoms with Gasteiger partial charge in [0.15, 0.2) is 5.11 Å². The van der Waals surface area contributed by atoms with Crippen LogP contribution in [0.25, 0.3) is 0 Å². The summed E-state index contributed by atoms with van der Waals surface area (Å²) in [7, 11) is 4.10. The molecule has 0 aliphatic carbocycles. The Labute approximate surface area is 142 Å². The maximum Gasteiger partial charge on any atom is 0.171 e. The average Bonchev–Trinajstić information content (AvgIpc) is 2.49. The molecule has 0 aliphatic heterocycles. The lowest BCUT2D eigenvalue weighted by molar-refractivity contribution is 0.363. The van der Waals surface area contributed by atoms with Gasteiger partial charge in [-0.3, -0.25) is 0 Å². The molecule has 5 heteroatoms. The van der Waals surface area contributed by atoms with Crippen LogP contribution >= 0.6 is 23.8 Å². The second-order valence-corrected chi connectivity index (χ2v) is 6.18. The number of hydrogen-bond acceptors (Lipinski definition) is 2. The number of nitrogens with one attached hydrogen (secondary N) is 2. The van der Waals surface area contributed by atoms with Crippen molar-refractivity contribution in [1.29, 1.82) is 0 Å². The van der Waals surface area contributed by atoms with Crippen LogP contribution in [0.4, 0.5) is 5.69 Å². The van der Waals surface area contributed by atoms with Crippen molar-refractivity contribution in [2.75, 3.05) is 26.0 Å². The Morgan fingerprint density at radius 2 is 1.73 bits per heavy atom. The predicted octanol–water partition coefficient (Wildman–Crippen LogP) is 3.93. The van der Waals surface area contributed by atoms with E-state index in [0.717, 1.165) is 12.2 Å². The summed E-state index contributed by atoms with van der Waals surface area (Å²) in [5.41, 5.74) is 2.12. The van der Waals surface area contributed by atoms with Crippen LogP contribution in [-0.2, 0) is 0 Å². The van der Waals surface area contributed by atoms with Gasteiger partial charge in [-0.05, 0) is 56.1 Å². The molecule has 116 valence electrons. The van der Waals surface area contributed by atoms with Crippen molar-refractivity contribution in [2.24, 2.45) is 0 Å². The van der Waals surface area contributed by atoms with Crippen molar-refractivity contribution in [3.63, 3.8) is 0 Å². The molecule has 0 bridgehead atoms. The van der Waals surface area contributed by atoms with Crippen molar-refractivity contribution in [2.45, 2.75) is 6.04 Å². The molecule has 2 aromatic rings. The quantitative estimate of drug-likeness (QED) is 0.811. The third-order valence-electron chi connectivity index (χ3n) is 3.16. The van der Waals surface area contributed by atoms with Crippen molar-refractivity contribution < 1.29 is 0 Å². The Bertz CT molecular complexity index is 599. The molecule has 0 fully saturated rings. The van der Waals surface area contributed by atoms with Gasteiger partial charge in [0.25, 0.3) is 0 Å². The number of hydrogen-bond donors (Lipinski definition) is 2. The van der Waals surface area contributed by atoms with Gasteiger partial charge in [-0.15, -0.1) is 0 Å². The maximum absolute atomic E-state index is 5.89. The van der Waals surface area contributed by atoms with Crippen LogP contribution < -0.4 is 10.6 Å². The van der Waals surface area contributed by atoms with Crippen molar-refractivity contribution in [1.82, 2.24) is 10.2 Å². The number of likely N-dealkylation sites (N-methyl/N-ethyl adjacent to an activating group) is 1. The number of halogens is 1. The lowest BCUT2D eigenvalue weighted by atomic mass is 10.1. The van der Waals surface area contributed by atoms with Crippen LogP contribution in [0.5, 0.6) is 0 Å². The summed E-state index contributed by atoms with van der Waals surface area (Å²) in [6, 6.07) is 17.9. The number of rotatable bonds is 5. The highest BCUT2D eigenvalue weighted by atomic mass is 35.5. The van der Waals surface area contributed by atoms with E-state index in [1.165, 1.54) is 5.56 Å². The second-order valence-electron chi connectivity index (χ2n) is 5.33. The van der Waals surface area contributed by atoms with Crippen LogP contribution in [0.3, 0.4) is 0 Å². The van der Waals surface area contributed by atoms with Gasteiger partial charge in [-0.2, -0.15) is 0 Å². The fourth-order valence-corrected chi connectivity index (χ4v) is 2.53. The summed E-state index contributed by atoms with van der Waals surface area (Å²) in [6.45, 7) is 0.854. The SMILES string of the molecule is CN(C)C[C@@H](NC(=S)Nc1ccc(Cl)cc1)c1ccccc1. The predicted molar refractivity (Wildman–Crippen MR) is 98.5 cm³/mol. The lowest BCUT2D eigenvalue weighted by Gasteiger charge is -2.24. The molecule has 0 aromatic heterocycles. The second kappa shape index (κ2) is 8.13. The molecule has 0 spiro atoms. The van der Waals surface area contributed by atoms with Crippen LogP contribution in [0.2, 0.25) is 5.02 Å². The maximum atomic E-state index is 5.89. The van der Waals surface area contributed by atoms with Gasteiger partial charge in [-0.25, -0.2) is 0 Å². The first-order valence-electron chi connectivity index (χ1n) is 7.07. The van der Waals surface area contributed by atoms with Crippen LogP contribution in [-0.4, -0.2) is 30.7 Å². The Balaban J connectivity index is 2.03. The smallest absolute Gasteiger partial charge is 0.171 e. The van der Waals surface area contributed by atoms with Gasteiger partial charge in [0.05, 0.1) is 6.04 Å². The van der Waals surface area contributed by atoms with Crippen LogP contribution in [0, 0.1) is 0 Å². The first-order valence-corrected chi connectivity index (χ1v) is 7.86. The van der Waals surface area contributed by atoms with E-state index in [4.69, 9.17) is 23.8 Å². The summed E-state index contributed by atoms with van der Waals surface area (Å²) in [5.74, 6) is 0. The minimum Gasteiger partial charge on any atom is -0.354 e. The van der Waals surface area contributed by atoms with E-state index in [2.05, 4.69) is 27.7 Å². The highest BCUT2D eigenvalue weighted by molar-refractivity contribution is 7.80. The molecule has 2 aromatic carbocycles. The van der Waals surface area contributed by atoms with E-state index < -0.39 is 0 Å². The first-order chi connectivity index (χ1) is 10.5. The van der Waals surface area contributed by atoms with E-state index in [0.29, 0.717) is 10.1 Å². The zero-order valence-electron chi connectivity index (χ0n) is 12.7. The molecule has 0 saturated heterocycles. The number of nitrogens with zero attached hydrogens (tertiary/aromatic N) is 1. The third kappa shape index (κ3) is 5.30. The fourth-order valence-electron chi connectivity index (χ4n) is 2.14. The third-order valence-corrected chi connectivity index (χ3v) is 3.63. The summed E-state index contributed by atoms with van der Waals surface area (Å²) in [6.07, 6.45) is 0. The molecule has 1 atom stereocenters. The minimum atomic E-state index is 0.128. The van der Waals surface area contributed by atoms with E-state index in [1.54, 1.807) is 0 Å². The summed E-state index contributed by atoms with van der Waals surface area (Å²) < 4.78 is 0. The first kappa shape index (κ1) is 16.7. The van der Waals surface area contributed by atoms with Gasteiger partial charge in [-0.1, -0.05) is 41.9 Å². The fraction of sp³-hybridized carbons (Fsp3) is 0.235. The van der Waals surface area contributed by atoms with Gasteiger partial charge in [0.2, 0.25) is 0 Å². The summed E-state index contributed by atoms with van der Waals surface area (Å²) >= 11 is 11.3. The molecule has 0 heterocycles. The highest BCUT2D eigenvalue weighted by Gasteiger charge is 2.13. The zero-order chi connectivity index (χ0) is 15.9. The topological polar surface area (TPSA) is 27.3 Å². The summed E-state index contributed by atoms with van der Waals surface area (Å²) in [5, 5.41) is 7.86. The molecule has 2 N–H and O–H groups in total. The normalized spacial score (nSPS) is 12.0. The molecular formula is C17H20ClN3S. The number of benzene rings is 2. The van der Waals surface area contributed by atoms with Gasteiger partial charge in [0, 0.05) is 17.3 Å². The van der Waals surface area contributed by atoms with Crippen LogP contribution in [0.1, 0.15) is 11.6 Å². The number of anilines is 1. The van der Waals surface area contributed by atoms with E-state index in [-0.39, 0.29) is 6.04 Å². The monoisotopic (exact) mass is 333 g/mol. The van der Waals surface area contributed by atoms with E-state index >= 15 is 0 Å². The molecule has 0 radical (unpaired) electrons. The Hall–Kier alpha value is -1.62. The number of thiocarbonyl (C=S) groups is 1. The molecule has 22 heavy (non-hydrogen) atoms. The Morgan fingerprint density at radius 3 is 2.32 bits per heavy atom. The minimum absolute atomic E-state index is 0.128. The highest BCUT2D eigenvalue weighted by Crippen LogP contribution is 2.16. The zero-order valence-corrected chi connectivity index (χ0v) is 14.3. The standard InChI is InChI=1S/C17H20ClN3S/c1-21(2)12-16(13-6-4-3-5-7-13)20-17(22)19-15-10-8-14(18)9-11-15/h3-11,16H,12H2,1-2H3,(H2,19,20,22)/t16-/m1/s1. The van der Waals surface area contributed by atoms with Gasteiger partial charge < -0.3 is 15.5 Å². The largest absolute Gasteiger partial charge is 0.354 e.